The standard InChI is InChI=1S/C14H27NO2/c1-2-15-12-14(7-4-3-5-8-14)17-11-13-6-9-16-10-13/h13,15H,2-12H2,1H3. The molecule has 1 aliphatic carbocycles. The molecule has 3 nitrogen and oxygen atoms in total. The van der Waals surface area contributed by atoms with Crippen LogP contribution in [-0.2, 0) is 9.47 Å². The molecule has 2 aliphatic rings. The number of hydrogen-bond donors (Lipinski definition) is 1. The highest BCUT2D eigenvalue weighted by molar-refractivity contribution is 4.87. The lowest BCUT2D eigenvalue weighted by atomic mass is 9.84. The Morgan fingerprint density at radius 1 is 1.29 bits per heavy atom. The Labute approximate surface area is 105 Å². The van der Waals surface area contributed by atoms with E-state index in [0.29, 0.717) is 5.92 Å². The first kappa shape index (κ1) is 13.3. The predicted octanol–water partition coefficient (Wildman–Crippen LogP) is 2.35. The van der Waals surface area contributed by atoms with Gasteiger partial charge < -0.3 is 14.8 Å². The number of rotatable bonds is 6. The van der Waals surface area contributed by atoms with E-state index in [2.05, 4.69) is 12.2 Å². The van der Waals surface area contributed by atoms with Gasteiger partial charge in [-0.15, -0.1) is 0 Å². The van der Waals surface area contributed by atoms with Crippen molar-refractivity contribution in [1.29, 1.82) is 0 Å². The Bertz CT molecular complexity index is 208. The molecule has 0 bridgehead atoms. The van der Waals surface area contributed by atoms with Crippen LogP contribution in [0, 0.1) is 5.92 Å². The minimum Gasteiger partial charge on any atom is -0.381 e. The molecular weight excluding hydrogens is 214 g/mol. The SMILES string of the molecule is CCNCC1(OCC2CCOC2)CCCCC1. The predicted molar refractivity (Wildman–Crippen MR) is 69.2 cm³/mol. The van der Waals surface area contributed by atoms with Crippen LogP contribution < -0.4 is 5.32 Å². The zero-order chi connectivity index (χ0) is 12.0. The van der Waals surface area contributed by atoms with Gasteiger partial charge in [0.15, 0.2) is 0 Å². The highest BCUT2D eigenvalue weighted by Gasteiger charge is 2.33. The van der Waals surface area contributed by atoms with E-state index in [-0.39, 0.29) is 5.60 Å². The quantitative estimate of drug-likeness (QED) is 0.774. The van der Waals surface area contributed by atoms with Crippen molar-refractivity contribution in [2.24, 2.45) is 5.92 Å². The van der Waals surface area contributed by atoms with Gasteiger partial charge in [0.2, 0.25) is 0 Å². The molecule has 2 rings (SSSR count). The van der Waals surface area contributed by atoms with Crippen LogP contribution in [0.2, 0.25) is 0 Å². The van der Waals surface area contributed by atoms with Crippen LogP contribution in [0.4, 0.5) is 0 Å². The van der Waals surface area contributed by atoms with Crippen molar-refractivity contribution in [3.05, 3.63) is 0 Å². The first-order valence-electron chi connectivity index (χ1n) is 7.27. The van der Waals surface area contributed by atoms with E-state index in [4.69, 9.17) is 9.47 Å². The molecule has 1 atom stereocenters. The van der Waals surface area contributed by atoms with Crippen LogP contribution in [0.25, 0.3) is 0 Å². The summed E-state index contributed by atoms with van der Waals surface area (Å²) in [6.07, 6.45) is 7.67. The van der Waals surface area contributed by atoms with E-state index in [0.717, 1.165) is 32.9 Å². The molecule has 0 spiro atoms. The topological polar surface area (TPSA) is 30.5 Å². The monoisotopic (exact) mass is 241 g/mol. The number of likely N-dealkylation sites (N-methyl/N-ethyl adjacent to an activating group) is 1. The summed E-state index contributed by atoms with van der Waals surface area (Å²) in [4.78, 5) is 0. The first-order valence-corrected chi connectivity index (χ1v) is 7.27. The molecule has 0 amide bonds. The number of hydrogen-bond acceptors (Lipinski definition) is 3. The third-order valence-electron chi connectivity index (χ3n) is 4.11. The maximum Gasteiger partial charge on any atom is 0.0806 e. The average molecular weight is 241 g/mol. The molecule has 1 saturated heterocycles. The summed E-state index contributed by atoms with van der Waals surface area (Å²) in [5.41, 5.74) is 0.122. The zero-order valence-corrected chi connectivity index (χ0v) is 11.2. The average Bonchev–Trinajstić information content (AvgIpc) is 2.89. The van der Waals surface area contributed by atoms with Gasteiger partial charge in [0.1, 0.15) is 0 Å². The minimum atomic E-state index is 0.122. The lowest BCUT2D eigenvalue weighted by molar-refractivity contribution is -0.0815. The third kappa shape index (κ3) is 3.94. The summed E-state index contributed by atoms with van der Waals surface area (Å²) in [6.45, 7) is 6.95. The van der Waals surface area contributed by atoms with E-state index in [1.54, 1.807) is 0 Å². The Morgan fingerprint density at radius 3 is 2.76 bits per heavy atom. The molecule has 0 aromatic carbocycles. The third-order valence-corrected chi connectivity index (χ3v) is 4.11. The molecule has 2 fully saturated rings. The highest BCUT2D eigenvalue weighted by Crippen LogP contribution is 2.32. The molecular formula is C14H27NO2. The van der Waals surface area contributed by atoms with Gasteiger partial charge in [-0.25, -0.2) is 0 Å². The number of nitrogens with one attached hydrogen (secondary N) is 1. The van der Waals surface area contributed by atoms with Crippen molar-refractivity contribution in [3.8, 4) is 0 Å². The summed E-state index contributed by atoms with van der Waals surface area (Å²) < 4.78 is 11.7. The summed E-state index contributed by atoms with van der Waals surface area (Å²) in [5.74, 6) is 0.635. The highest BCUT2D eigenvalue weighted by atomic mass is 16.5. The van der Waals surface area contributed by atoms with Gasteiger partial charge in [0.25, 0.3) is 0 Å². The van der Waals surface area contributed by atoms with Gasteiger partial charge in [-0.1, -0.05) is 26.2 Å². The number of ether oxygens (including phenoxy) is 2. The van der Waals surface area contributed by atoms with Gasteiger partial charge in [-0.3, -0.25) is 0 Å². The molecule has 1 aliphatic heterocycles. The van der Waals surface area contributed by atoms with Crippen LogP contribution in [0.3, 0.4) is 0 Å². The Morgan fingerprint density at radius 2 is 2.12 bits per heavy atom. The van der Waals surface area contributed by atoms with E-state index < -0.39 is 0 Å². The summed E-state index contributed by atoms with van der Waals surface area (Å²) in [6, 6.07) is 0. The van der Waals surface area contributed by atoms with E-state index in [1.807, 2.05) is 0 Å². The fourth-order valence-corrected chi connectivity index (χ4v) is 2.93. The van der Waals surface area contributed by atoms with Gasteiger partial charge in [0.05, 0.1) is 18.8 Å². The van der Waals surface area contributed by atoms with Crippen molar-refractivity contribution in [2.45, 2.75) is 51.0 Å². The molecule has 0 aromatic rings. The van der Waals surface area contributed by atoms with Crippen molar-refractivity contribution < 1.29 is 9.47 Å². The largest absolute Gasteiger partial charge is 0.381 e. The van der Waals surface area contributed by atoms with Crippen molar-refractivity contribution >= 4 is 0 Å². The molecule has 17 heavy (non-hydrogen) atoms. The molecule has 100 valence electrons. The smallest absolute Gasteiger partial charge is 0.0806 e. The van der Waals surface area contributed by atoms with E-state index >= 15 is 0 Å². The van der Waals surface area contributed by atoms with Crippen molar-refractivity contribution in [1.82, 2.24) is 5.32 Å². The van der Waals surface area contributed by atoms with Crippen LogP contribution in [-0.4, -0.2) is 38.5 Å². The van der Waals surface area contributed by atoms with Gasteiger partial charge >= 0.3 is 0 Å². The Kier molecular flexibility index (Phi) is 5.26. The second-order valence-electron chi connectivity index (χ2n) is 5.56. The van der Waals surface area contributed by atoms with Gasteiger partial charge in [0, 0.05) is 19.1 Å². The van der Waals surface area contributed by atoms with Crippen molar-refractivity contribution in [3.63, 3.8) is 0 Å². The second kappa shape index (κ2) is 6.72. The van der Waals surface area contributed by atoms with Gasteiger partial charge in [-0.2, -0.15) is 0 Å². The maximum absolute atomic E-state index is 6.31. The van der Waals surface area contributed by atoms with Crippen molar-refractivity contribution in [2.75, 3.05) is 32.9 Å². The summed E-state index contributed by atoms with van der Waals surface area (Å²) in [5, 5.41) is 3.48. The maximum atomic E-state index is 6.31. The van der Waals surface area contributed by atoms with Crippen LogP contribution >= 0.6 is 0 Å². The van der Waals surface area contributed by atoms with E-state index in [9.17, 15) is 0 Å². The summed E-state index contributed by atoms with van der Waals surface area (Å²) >= 11 is 0. The zero-order valence-electron chi connectivity index (χ0n) is 11.2. The molecule has 1 N–H and O–H groups in total. The minimum absolute atomic E-state index is 0.122. The van der Waals surface area contributed by atoms with Crippen LogP contribution in [0.1, 0.15) is 45.4 Å². The molecule has 3 heteroatoms. The molecule has 0 radical (unpaired) electrons. The Hall–Kier alpha value is -0.120. The van der Waals surface area contributed by atoms with Crippen LogP contribution in [0.5, 0.6) is 0 Å². The molecule has 1 heterocycles. The lowest BCUT2D eigenvalue weighted by Gasteiger charge is -2.38. The fraction of sp³-hybridized carbons (Fsp3) is 1.00. The van der Waals surface area contributed by atoms with Gasteiger partial charge in [-0.05, 0) is 25.8 Å². The Balaban J connectivity index is 1.80. The van der Waals surface area contributed by atoms with Crippen LogP contribution in [0.15, 0.2) is 0 Å². The molecule has 0 aromatic heterocycles. The molecule has 1 unspecified atom stereocenters. The fourth-order valence-electron chi connectivity index (χ4n) is 2.93. The lowest BCUT2D eigenvalue weighted by Crippen LogP contribution is -2.45. The summed E-state index contributed by atoms with van der Waals surface area (Å²) in [7, 11) is 0. The van der Waals surface area contributed by atoms with E-state index in [1.165, 1.54) is 38.5 Å². The normalized spacial score (nSPS) is 28.4. The molecule has 1 saturated carbocycles. The second-order valence-corrected chi connectivity index (χ2v) is 5.56. The first-order chi connectivity index (χ1) is 8.35.